The number of hydrogen-bond acceptors (Lipinski definition) is 6. The number of nitrogens with zero attached hydrogens (tertiary/aromatic N) is 1. The van der Waals surface area contributed by atoms with Crippen LogP contribution in [0.4, 0.5) is 0 Å². The molecule has 0 aliphatic heterocycles. The largest absolute Gasteiger partial charge is 0.493 e. The van der Waals surface area contributed by atoms with Crippen LogP contribution in [0.15, 0.2) is 27.4 Å². The Labute approximate surface area is 154 Å². The van der Waals surface area contributed by atoms with E-state index in [1.54, 1.807) is 31.6 Å². The van der Waals surface area contributed by atoms with E-state index >= 15 is 0 Å². The molecule has 2 aromatic heterocycles. The van der Waals surface area contributed by atoms with E-state index in [0.29, 0.717) is 22.8 Å². The van der Waals surface area contributed by atoms with E-state index in [0.717, 1.165) is 35.2 Å². The first-order valence-electron chi connectivity index (χ1n) is 8.55. The first kappa shape index (κ1) is 16.8. The zero-order chi connectivity index (χ0) is 18.1. The minimum absolute atomic E-state index is 0.290. The second kappa shape index (κ2) is 6.96. The fourth-order valence-corrected chi connectivity index (χ4v) is 4.56. The minimum atomic E-state index is -0.290. The second-order valence-electron chi connectivity index (χ2n) is 6.18. The summed E-state index contributed by atoms with van der Waals surface area (Å²) < 4.78 is 16.0. The SMILES string of the molecule is COc1ccc(/C=C/c2nc3sc4c(c3c(=O)o2)CCCC4)cc1OC. The Kier molecular flexibility index (Phi) is 4.51. The van der Waals surface area contributed by atoms with Crippen LogP contribution in [0.3, 0.4) is 0 Å². The summed E-state index contributed by atoms with van der Waals surface area (Å²) in [6.07, 6.45) is 7.83. The number of hydrogen-bond donors (Lipinski definition) is 0. The van der Waals surface area contributed by atoms with Gasteiger partial charge >= 0.3 is 5.63 Å². The average molecular weight is 369 g/mol. The molecule has 0 unspecified atom stereocenters. The lowest BCUT2D eigenvalue weighted by atomic mass is 9.97. The maximum atomic E-state index is 12.5. The van der Waals surface area contributed by atoms with Gasteiger partial charge in [-0.15, -0.1) is 11.3 Å². The molecule has 3 aromatic rings. The first-order valence-corrected chi connectivity index (χ1v) is 9.36. The van der Waals surface area contributed by atoms with Gasteiger partial charge in [-0.05, 0) is 55.0 Å². The third-order valence-corrected chi connectivity index (χ3v) is 5.78. The molecule has 4 rings (SSSR count). The molecule has 0 spiro atoms. The topological polar surface area (TPSA) is 61.6 Å². The van der Waals surface area contributed by atoms with Crippen molar-refractivity contribution in [2.24, 2.45) is 0 Å². The quantitative estimate of drug-likeness (QED) is 0.685. The Morgan fingerprint density at radius 3 is 2.73 bits per heavy atom. The molecule has 6 heteroatoms. The van der Waals surface area contributed by atoms with Gasteiger partial charge in [0, 0.05) is 11.0 Å². The maximum Gasteiger partial charge on any atom is 0.348 e. The molecule has 0 saturated carbocycles. The molecule has 0 fully saturated rings. The lowest BCUT2D eigenvalue weighted by Crippen LogP contribution is -2.06. The van der Waals surface area contributed by atoms with Gasteiger partial charge in [0.2, 0.25) is 5.89 Å². The summed E-state index contributed by atoms with van der Waals surface area (Å²) in [7, 11) is 3.19. The van der Waals surface area contributed by atoms with Crippen LogP contribution in [0.1, 0.15) is 34.7 Å². The number of aryl methyl sites for hydroxylation is 2. The summed E-state index contributed by atoms with van der Waals surface area (Å²) in [5, 5.41) is 0.674. The number of thiophene rings is 1. The molecule has 0 amide bonds. The van der Waals surface area contributed by atoms with Crippen LogP contribution in [-0.4, -0.2) is 19.2 Å². The smallest absolute Gasteiger partial charge is 0.348 e. The molecule has 2 heterocycles. The van der Waals surface area contributed by atoms with Crippen molar-refractivity contribution in [2.45, 2.75) is 25.7 Å². The van der Waals surface area contributed by atoms with Crippen molar-refractivity contribution < 1.29 is 13.9 Å². The lowest BCUT2D eigenvalue weighted by molar-refractivity contribution is 0.355. The van der Waals surface area contributed by atoms with Gasteiger partial charge in [-0.1, -0.05) is 6.07 Å². The molecule has 134 valence electrons. The van der Waals surface area contributed by atoms with Gasteiger partial charge in [-0.2, -0.15) is 0 Å². The van der Waals surface area contributed by atoms with E-state index in [1.807, 2.05) is 24.3 Å². The highest BCUT2D eigenvalue weighted by Crippen LogP contribution is 2.34. The molecular formula is C20H19NO4S. The number of ether oxygens (including phenoxy) is 2. The van der Waals surface area contributed by atoms with Crippen molar-refractivity contribution >= 4 is 33.7 Å². The number of rotatable bonds is 4. The predicted molar refractivity (Wildman–Crippen MR) is 103 cm³/mol. The standard InChI is InChI=1S/C20H19NO4S/c1-23-14-9-7-12(11-15(14)24-2)8-10-17-21-19-18(20(22)25-17)13-5-3-4-6-16(13)26-19/h7-11H,3-6H2,1-2H3/b10-8+. The second-order valence-corrected chi connectivity index (χ2v) is 7.26. The van der Waals surface area contributed by atoms with Gasteiger partial charge < -0.3 is 13.9 Å². The highest BCUT2D eigenvalue weighted by Gasteiger charge is 2.20. The van der Waals surface area contributed by atoms with Crippen molar-refractivity contribution in [3.05, 3.63) is 50.5 Å². The van der Waals surface area contributed by atoms with E-state index in [4.69, 9.17) is 13.9 Å². The molecule has 26 heavy (non-hydrogen) atoms. The molecule has 1 aliphatic carbocycles. The van der Waals surface area contributed by atoms with Gasteiger partial charge in [-0.3, -0.25) is 0 Å². The zero-order valence-corrected chi connectivity index (χ0v) is 15.5. The lowest BCUT2D eigenvalue weighted by Gasteiger charge is -2.09. The fraction of sp³-hybridized carbons (Fsp3) is 0.300. The molecule has 0 bridgehead atoms. The Morgan fingerprint density at radius 2 is 1.92 bits per heavy atom. The molecular weight excluding hydrogens is 350 g/mol. The Morgan fingerprint density at radius 1 is 1.12 bits per heavy atom. The number of aromatic nitrogens is 1. The molecule has 0 saturated heterocycles. The molecule has 1 aromatic carbocycles. The van der Waals surface area contributed by atoms with E-state index in [1.165, 1.54) is 11.3 Å². The number of fused-ring (bicyclic) bond motifs is 3. The molecule has 0 atom stereocenters. The van der Waals surface area contributed by atoms with Crippen LogP contribution < -0.4 is 15.1 Å². The Hall–Kier alpha value is -2.60. The van der Waals surface area contributed by atoms with Crippen LogP contribution in [0, 0.1) is 0 Å². The van der Waals surface area contributed by atoms with Gasteiger partial charge in [-0.25, -0.2) is 9.78 Å². The van der Waals surface area contributed by atoms with E-state index < -0.39 is 0 Å². The zero-order valence-electron chi connectivity index (χ0n) is 14.7. The predicted octanol–water partition coefficient (Wildman–Crippen LogP) is 4.32. The summed E-state index contributed by atoms with van der Waals surface area (Å²) in [5.41, 5.74) is 1.76. The number of methoxy groups -OCH3 is 2. The van der Waals surface area contributed by atoms with Gasteiger partial charge in [0.15, 0.2) is 11.5 Å². The van der Waals surface area contributed by atoms with E-state index in [2.05, 4.69) is 4.98 Å². The van der Waals surface area contributed by atoms with Gasteiger partial charge in [0.1, 0.15) is 10.2 Å². The molecule has 0 N–H and O–H groups in total. The third kappa shape index (κ3) is 3.01. The van der Waals surface area contributed by atoms with Crippen molar-refractivity contribution in [1.82, 2.24) is 4.98 Å². The number of benzene rings is 1. The minimum Gasteiger partial charge on any atom is -0.493 e. The summed E-state index contributed by atoms with van der Waals surface area (Å²) in [4.78, 5) is 19.1. The highest BCUT2D eigenvalue weighted by molar-refractivity contribution is 7.18. The van der Waals surface area contributed by atoms with Crippen molar-refractivity contribution in [1.29, 1.82) is 0 Å². The van der Waals surface area contributed by atoms with Crippen molar-refractivity contribution in [3.8, 4) is 11.5 Å². The van der Waals surface area contributed by atoms with Crippen LogP contribution in [0.25, 0.3) is 22.4 Å². The normalized spacial score (nSPS) is 13.9. The molecule has 0 radical (unpaired) electrons. The Balaban J connectivity index is 1.69. The average Bonchev–Trinajstić information content (AvgIpc) is 3.05. The summed E-state index contributed by atoms with van der Waals surface area (Å²) >= 11 is 1.62. The first-order chi connectivity index (χ1) is 12.7. The third-order valence-electron chi connectivity index (χ3n) is 4.59. The highest BCUT2D eigenvalue weighted by atomic mass is 32.1. The van der Waals surface area contributed by atoms with Crippen LogP contribution in [-0.2, 0) is 12.8 Å². The fourth-order valence-electron chi connectivity index (χ4n) is 3.30. The van der Waals surface area contributed by atoms with Crippen molar-refractivity contribution in [2.75, 3.05) is 14.2 Å². The monoisotopic (exact) mass is 369 g/mol. The van der Waals surface area contributed by atoms with Crippen molar-refractivity contribution in [3.63, 3.8) is 0 Å². The van der Waals surface area contributed by atoms with Gasteiger partial charge in [0.25, 0.3) is 0 Å². The van der Waals surface area contributed by atoms with Crippen LogP contribution in [0.2, 0.25) is 0 Å². The van der Waals surface area contributed by atoms with E-state index in [9.17, 15) is 4.79 Å². The van der Waals surface area contributed by atoms with E-state index in [-0.39, 0.29) is 5.63 Å². The van der Waals surface area contributed by atoms with Gasteiger partial charge in [0.05, 0.1) is 14.2 Å². The van der Waals surface area contributed by atoms with Crippen LogP contribution >= 0.6 is 11.3 Å². The molecule has 1 aliphatic rings. The Bertz CT molecular complexity index is 1050. The van der Waals surface area contributed by atoms with Crippen LogP contribution in [0.5, 0.6) is 11.5 Å². The molecule has 5 nitrogen and oxygen atoms in total. The summed E-state index contributed by atoms with van der Waals surface area (Å²) in [5.74, 6) is 1.63. The maximum absolute atomic E-state index is 12.5. The summed E-state index contributed by atoms with van der Waals surface area (Å²) in [6, 6.07) is 5.59. The summed E-state index contributed by atoms with van der Waals surface area (Å²) in [6.45, 7) is 0.